The summed E-state index contributed by atoms with van der Waals surface area (Å²) in [6.07, 6.45) is 4.27. The van der Waals surface area contributed by atoms with Crippen LogP contribution in [0.2, 0.25) is 0 Å². The third-order valence-corrected chi connectivity index (χ3v) is 19.9. The Morgan fingerprint density at radius 1 is 0.167 bits per heavy atom. The lowest BCUT2D eigenvalue weighted by Gasteiger charge is -2.13. The quantitative estimate of drug-likeness (QED) is 0.0126. The molecule has 0 unspecified atom stereocenters. The van der Waals surface area contributed by atoms with Crippen molar-refractivity contribution in [2.75, 3.05) is 147 Å². The zero-order valence-corrected chi connectivity index (χ0v) is 83.2. The summed E-state index contributed by atoms with van der Waals surface area (Å²) in [5, 5.41) is 24.2. The maximum Gasteiger partial charge on any atom is 0.411 e. The number of nitrogens with one attached hydrogen (secondary N) is 9. The standard InChI is InChI=1S/C109H111N9O32/c1-69(119)135-55-86(56-136-70(2)120)46-77-10-30-95(31-11-77)112-104(129)145-65-91(66-146-105(130)113-96-32-12-78(13-33-96)47-87(57-137-71(3)121)58-138-72(4)122)51-82-20-40-99(41-21-82)116-108(133)149-63-90(50-81-18-38-94(39-19-81)111-102(127)144-54-85-26-44-101(45-27-85)118-103(128)143-53-84-24-28-93(110-9)29-25-84)64-150-109(134)117-100-42-22-83(23-43-100)52-92(67-147-106(131)114-97-34-14-79(15-35-97)48-88(59-139-73(5)123)60-140-74(6)124)68-148-107(132)115-98-36-16-80(17-37-98)49-89(61-141-75(7)125)62-142-76(8)126/h10-52,110H,53-68H2,1-9H3,(H,111,127)(H,112,129)(H,113,130)(H,114,131)(H,115,132)(H,116,133)(H,117,134)(H,118,128). The Bertz CT molecular complexity index is 5830. The summed E-state index contributed by atoms with van der Waals surface area (Å²) in [6.45, 7) is 5.96. The molecule has 784 valence electrons. The number of hydrogen-bond acceptors (Lipinski definition) is 33. The first-order valence-electron chi connectivity index (χ1n) is 46.0. The summed E-state index contributed by atoms with van der Waals surface area (Å²) in [4.78, 5) is 200. The molecule has 0 aliphatic rings. The molecule has 0 aromatic heterocycles. The number of carbonyl (C=O) groups is 16. The molecule has 8 amide bonds. The van der Waals surface area contributed by atoms with Gasteiger partial charge < -0.3 is 81.1 Å². The van der Waals surface area contributed by atoms with Crippen molar-refractivity contribution < 1.29 is 153 Å². The number of ether oxygens (including phenoxy) is 16. The third kappa shape index (κ3) is 46.5. The molecular formula is C109H111N9O32. The molecule has 9 aromatic rings. The molecule has 9 aromatic carbocycles. The molecule has 0 spiro atoms. The van der Waals surface area contributed by atoms with Gasteiger partial charge in [0.15, 0.2) is 0 Å². The van der Waals surface area contributed by atoms with Gasteiger partial charge >= 0.3 is 96.5 Å². The van der Waals surface area contributed by atoms with Crippen LogP contribution in [0.3, 0.4) is 0 Å². The van der Waals surface area contributed by atoms with Crippen LogP contribution in [-0.2, 0) is 127 Å². The summed E-state index contributed by atoms with van der Waals surface area (Å²) in [5.74, 6) is -4.35. The van der Waals surface area contributed by atoms with Crippen molar-refractivity contribution in [1.82, 2.24) is 0 Å². The van der Waals surface area contributed by atoms with Crippen LogP contribution in [0.25, 0.3) is 42.5 Å². The van der Waals surface area contributed by atoms with Gasteiger partial charge in [0.1, 0.15) is 106 Å². The van der Waals surface area contributed by atoms with E-state index in [4.69, 9.17) is 75.8 Å². The molecular weight excluding hydrogens is 1950 g/mol. The van der Waals surface area contributed by atoms with E-state index in [9.17, 15) is 76.7 Å². The van der Waals surface area contributed by atoms with E-state index in [0.29, 0.717) is 101 Å². The number of rotatable bonds is 48. The minimum absolute atomic E-state index is 0.0479. The van der Waals surface area contributed by atoms with Crippen molar-refractivity contribution in [2.45, 2.75) is 68.6 Å². The zero-order chi connectivity index (χ0) is 108. The molecule has 9 N–H and O–H groups in total. The number of carbonyl (C=O) groups excluding carboxylic acids is 16. The van der Waals surface area contributed by atoms with E-state index < -0.39 is 136 Å². The third-order valence-electron chi connectivity index (χ3n) is 19.9. The summed E-state index contributed by atoms with van der Waals surface area (Å²) in [5.41, 5.74) is 11.2. The van der Waals surface area contributed by atoms with Gasteiger partial charge in [-0.05, 0) is 202 Å². The molecule has 0 bridgehead atoms. The van der Waals surface area contributed by atoms with Gasteiger partial charge in [0, 0.05) is 153 Å². The molecule has 41 nitrogen and oxygen atoms in total. The van der Waals surface area contributed by atoms with E-state index in [1.165, 1.54) is 79.7 Å². The lowest BCUT2D eigenvalue weighted by Crippen LogP contribution is -2.19. The SMILES string of the molecule is CNc1ccc(COC(=O)Nc2ccc(COC(=O)Nc3ccc(C=C(COC(=O)Nc4ccc(C=C(COC(=O)Nc5ccc(C=C(COC(C)=O)COC(C)=O)cc5)COC(=O)Nc5ccc(C=C(COC(C)=O)COC(C)=O)cc5)cc4)COC(=O)Nc4ccc(C=C(COC(=O)Nc5ccc(C=C(COC(C)=O)COC(C)=O)cc5)COC(=O)Nc5ccc(C=C(COC(C)=O)COC(C)=O)cc5)cc4)cc3)cc2)cc1. The molecule has 150 heavy (non-hydrogen) atoms. The highest BCUT2D eigenvalue weighted by molar-refractivity contribution is 5.91. The van der Waals surface area contributed by atoms with Crippen molar-refractivity contribution in [3.05, 3.63) is 307 Å². The minimum atomic E-state index is -0.963. The van der Waals surface area contributed by atoms with Crippen LogP contribution in [0, 0.1) is 0 Å². The largest absolute Gasteiger partial charge is 0.461 e. The summed E-state index contributed by atoms with van der Waals surface area (Å²) in [7, 11) is 1.80. The van der Waals surface area contributed by atoms with E-state index in [1.54, 1.807) is 219 Å². The van der Waals surface area contributed by atoms with Gasteiger partial charge in [-0.25, -0.2) is 38.4 Å². The number of anilines is 9. The lowest BCUT2D eigenvalue weighted by molar-refractivity contribution is -0.143. The fraction of sp³-hybridized carbons (Fsp3) is 0.229. The molecule has 0 aliphatic heterocycles. The lowest BCUT2D eigenvalue weighted by atomic mass is 10.1. The fourth-order valence-electron chi connectivity index (χ4n) is 12.6. The Hall–Kier alpha value is -19.1. The van der Waals surface area contributed by atoms with E-state index in [0.717, 1.165) is 11.3 Å². The first-order valence-corrected chi connectivity index (χ1v) is 46.0. The van der Waals surface area contributed by atoms with Crippen LogP contribution in [0.1, 0.15) is 105 Å². The van der Waals surface area contributed by atoms with E-state index >= 15 is 0 Å². The van der Waals surface area contributed by atoms with Crippen molar-refractivity contribution >= 4 is 190 Å². The molecule has 0 radical (unpaired) electrons. The van der Waals surface area contributed by atoms with Gasteiger partial charge in [-0.2, -0.15) is 0 Å². The maximum absolute atomic E-state index is 13.8. The predicted octanol–water partition coefficient (Wildman–Crippen LogP) is 18.9. The van der Waals surface area contributed by atoms with Crippen LogP contribution < -0.4 is 47.9 Å². The van der Waals surface area contributed by atoms with Crippen molar-refractivity contribution in [3.8, 4) is 0 Å². The van der Waals surface area contributed by atoms with Crippen LogP contribution in [0.5, 0.6) is 0 Å². The van der Waals surface area contributed by atoms with Gasteiger partial charge in [-0.3, -0.25) is 80.9 Å². The molecule has 41 heteroatoms. The average Bonchev–Trinajstić information content (AvgIpc) is 0.881. The second kappa shape index (κ2) is 61.1. The maximum atomic E-state index is 13.8. The normalized spacial score (nSPS) is 10.2. The Morgan fingerprint density at radius 3 is 0.420 bits per heavy atom. The van der Waals surface area contributed by atoms with Gasteiger partial charge in [0.25, 0.3) is 0 Å². The van der Waals surface area contributed by atoms with Gasteiger partial charge in [0.2, 0.25) is 0 Å². The Morgan fingerprint density at radius 2 is 0.287 bits per heavy atom. The number of esters is 8. The Balaban J connectivity index is 0.893. The first kappa shape index (κ1) is 114. The number of hydrogen-bond donors (Lipinski definition) is 9. The van der Waals surface area contributed by atoms with Gasteiger partial charge in [-0.1, -0.05) is 109 Å². The average molecular weight is 2060 g/mol. The smallest absolute Gasteiger partial charge is 0.411 e. The first-order chi connectivity index (χ1) is 72.0. The highest BCUT2D eigenvalue weighted by Crippen LogP contribution is 2.26. The monoisotopic (exact) mass is 2060 g/mol. The van der Waals surface area contributed by atoms with Crippen LogP contribution in [-0.4, -0.2) is 196 Å². The second-order valence-electron chi connectivity index (χ2n) is 32.5. The molecule has 0 aliphatic carbocycles. The van der Waals surface area contributed by atoms with E-state index in [-0.39, 0.29) is 94.2 Å². The predicted molar refractivity (Wildman–Crippen MR) is 554 cm³/mol. The van der Waals surface area contributed by atoms with Crippen LogP contribution in [0.15, 0.2) is 257 Å². The minimum Gasteiger partial charge on any atom is -0.461 e. The Kier molecular flexibility index (Phi) is 46.6. The van der Waals surface area contributed by atoms with Gasteiger partial charge in [-0.15, -0.1) is 0 Å². The molecule has 0 atom stereocenters. The number of benzene rings is 9. The zero-order valence-electron chi connectivity index (χ0n) is 83.2. The van der Waals surface area contributed by atoms with Crippen LogP contribution >= 0.6 is 0 Å². The molecule has 0 heterocycles. The molecule has 0 saturated carbocycles. The molecule has 0 fully saturated rings. The Labute approximate surface area is 861 Å². The van der Waals surface area contributed by atoms with Crippen LogP contribution in [0.4, 0.5) is 89.5 Å². The topological polar surface area (TPSA) is 529 Å². The summed E-state index contributed by atoms with van der Waals surface area (Å²) < 4.78 is 85.7. The van der Waals surface area contributed by atoms with Crippen molar-refractivity contribution in [3.63, 3.8) is 0 Å². The molecule has 9 rings (SSSR count). The van der Waals surface area contributed by atoms with Crippen molar-refractivity contribution in [2.24, 2.45) is 0 Å². The highest BCUT2D eigenvalue weighted by Gasteiger charge is 2.20. The molecule has 0 saturated heterocycles. The van der Waals surface area contributed by atoms with E-state index in [1.807, 2.05) is 24.3 Å². The fourth-order valence-corrected chi connectivity index (χ4v) is 12.6. The summed E-state index contributed by atoms with van der Waals surface area (Å²) >= 11 is 0. The van der Waals surface area contributed by atoms with E-state index in [2.05, 4.69) is 47.9 Å². The van der Waals surface area contributed by atoms with Crippen molar-refractivity contribution in [1.29, 1.82) is 0 Å². The summed E-state index contributed by atoms with van der Waals surface area (Å²) in [6, 6.07) is 58.4. The highest BCUT2D eigenvalue weighted by atomic mass is 16.6. The number of amides is 8. The second-order valence-corrected chi connectivity index (χ2v) is 32.5. The van der Waals surface area contributed by atoms with Gasteiger partial charge in [0.05, 0.1) is 0 Å².